The molecule has 0 fully saturated rings. The highest BCUT2D eigenvalue weighted by molar-refractivity contribution is 5.47. The molecule has 0 radical (unpaired) electrons. The SMILES string of the molecule is CCN(Cc1ccccn1)c1cc(N)nc(C(C)C)n1. The minimum Gasteiger partial charge on any atom is -0.384 e. The fraction of sp³-hybridized carbons (Fsp3) is 0.400. The number of aromatic nitrogens is 3. The minimum absolute atomic E-state index is 0.255. The Morgan fingerprint density at radius 1 is 1.25 bits per heavy atom. The Morgan fingerprint density at radius 3 is 2.65 bits per heavy atom. The largest absolute Gasteiger partial charge is 0.384 e. The molecule has 0 aliphatic heterocycles. The molecule has 0 aliphatic rings. The number of anilines is 2. The molecule has 2 aromatic rings. The maximum absolute atomic E-state index is 5.89. The maximum Gasteiger partial charge on any atom is 0.135 e. The molecule has 0 bridgehead atoms. The van der Waals surface area contributed by atoms with Gasteiger partial charge in [-0.1, -0.05) is 19.9 Å². The Balaban J connectivity index is 2.27. The molecule has 20 heavy (non-hydrogen) atoms. The third kappa shape index (κ3) is 3.44. The van der Waals surface area contributed by atoms with Crippen molar-refractivity contribution in [2.45, 2.75) is 33.2 Å². The average Bonchev–Trinajstić information content (AvgIpc) is 2.45. The molecule has 0 saturated carbocycles. The molecule has 0 amide bonds. The van der Waals surface area contributed by atoms with Gasteiger partial charge in [-0.3, -0.25) is 4.98 Å². The molecule has 5 nitrogen and oxygen atoms in total. The zero-order valence-electron chi connectivity index (χ0n) is 12.2. The van der Waals surface area contributed by atoms with E-state index in [0.717, 1.165) is 23.9 Å². The van der Waals surface area contributed by atoms with Crippen molar-refractivity contribution in [2.24, 2.45) is 0 Å². The highest BCUT2D eigenvalue weighted by atomic mass is 15.2. The van der Waals surface area contributed by atoms with Crippen LogP contribution in [0.3, 0.4) is 0 Å². The Labute approximate surface area is 119 Å². The molecular formula is C15H21N5. The zero-order valence-corrected chi connectivity index (χ0v) is 12.2. The molecule has 2 rings (SSSR count). The smallest absolute Gasteiger partial charge is 0.135 e. The van der Waals surface area contributed by atoms with E-state index in [4.69, 9.17) is 5.73 Å². The van der Waals surface area contributed by atoms with Crippen LogP contribution >= 0.6 is 0 Å². The van der Waals surface area contributed by atoms with Crippen LogP contribution < -0.4 is 10.6 Å². The summed E-state index contributed by atoms with van der Waals surface area (Å²) in [6.07, 6.45) is 1.80. The van der Waals surface area contributed by atoms with Crippen LogP contribution in [0.2, 0.25) is 0 Å². The van der Waals surface area contributed by atoms with Crippen LogP contribution in [0, 0.1) is 0 Å². The van der Waals surface area contributed by atoms with Crippen LogP contribution in [-0.4, -0.2) is 21.5 Å². The van der Waals surface area contributed by atoms with E-state index in [9.17, 15) is 0 Å². The molecule has 0 unspecified atom stereocenters. The predicted molar refractivity (Wildman–Crippen MR) is 81.5 cm³/mol. The number of pyridine rings is 1. The summed E-state index contributed by atoms with van der Waals surface area (Å²) in [6.45, 7) is 7.77. The Bertz CT molecular complexity index is 553. The normalized spacial score (nSPS) is 10.8. The van der Waals surface area contributed by atoms with Crippen LogP contribution in [0.5, 0.6) is 0 Å². The molecule has 0 aromatic carbocycles. The van der Waals surface area contributed by atoms with Gasteiger partial charge in [-0.25, -0.2) is 9.97 Å². The first-order valence-electron chi connectivity index (χ1n) is 6.89. The molecule has 0 saturated heterocycles. The van der Waals surface area contributed by atoms with Crippen LogP contribution in [0.1, 0.15) is 38.2 Å². The lowest BCUT2D eigenvalue weighted by atomic mass is 10.2. The van der Waals surface area contributed by atoms with E-state index < -0.39 is 0 Å². The summed E-state index contributed by atoms with van der Waals surface area (Å²) in [4.78, 5) is 15.4. The van der Waals surface area contributed by atoms with Crippen molar-refractivity contribution < 1.29 is 0 Å². The van der Waals surface area contributed by atoms with Crippen molar-refractivity contribution >= 4 is 11.6 Å². The monoisotopic (exact) mass is 271 g/mol. The molecule has 5 heteroatoms. The van der Waals surface area contributed by atoms with Gasteiger partial charge in [0.1, 0.15) is 17.5 Å². The second-order valence-electron chi connectivity index (χ2n) is 5.00. The molecule has 2 N–H and O–H groups in total. The van der Waals surface area contributed by atoms with Crippen molar-refractivity contribution in [3.63, 3.8) is 0 Å². The second-order valence-corrected chi connectivity index (χ2v) is 5.00. The van der Waals surface area contributed by atoms with Crippen molar-refractivity contribution in [1.82, 2.24) is 15.0 Å². The van der Waals surface area contributed by atoms with E-state index in [2.05, 4.69) is 40.6 Å². The van der Waals surface area contributed by atoms with E-state index >= 15 is 0 Å². The lowest BCUT2D eigenvalue weighted by molar-refractivity contribution is 0.744. The highest BCUT2D eigenvalue weighted by Crippen LogP contribution is 2.19. The summed E-state index contributed by atoms with van der Waals surface area (Å²) < 4.78 is 0. The van der Waals surface area contributed by atoms with Gasteiger partial charge in [0.05, 0.1) is 12.2 Å². The maximum atomic E-state index is 5.89. The standard InChI is InChI=1S/C15H21N5/c1-4-20(10-12-7-5-6-8-17-12)14-9-13(16)18-15(19-14)11(2)3/h5-9,11H,4,10H2,1-3H3,(H2,16,18,19). The topological polar surface area (TPSA) is 67.9 Å². The first-order valence-corrected chi connectivity index (χ1v) is 6.89. The van der Waals surface area contributed by atoms with Gasteiger partial charge in [-0.2, -0.15) is 0 Å². The number of hydrogen-bond acceptors (Lipinski definition) is 5. The van der Waals surface area contributed by atoms with Gasteiger partial charge in [-0.05, 0) is 19.1 Å². The second kappa shape index (κ2) is 6.32. The summed E-state index contributed by atoms with van der Waals surface area (Å²) in [6, 6.07) is 7.73. The molecule has 106 valence electrons. The van der Waals surface area contributed by atoms with Crippen molar-refractivity contribution in [2.75, 3.05) is 17.2 Å². The van der Waals surface area contributed by atoms with Gasteiger partial charge in [0.15, 0.2) is 0 Å². The van der Waals surface area contributed by atoms with Gasteiger partial charge in [-0.15, -0.1) is 0 Å². The number of rotatable bonds is 5. The lowest BCUT2D eigenvalue weighted by Crippen LogP contribution is -2.24. The number of nitrogen functional groups attached to an aromatic ring is 1. The molecule has 0 spiro atoms. The Morgan fingerprint density at radius 2 is 2.05 bits per heavy atom. The van der Waals surface area contributed by atoms with E-state index in [1.165, 1.54) is 0 Å². The van der Waals surface area contributed by atoms with Crippen molar-refractivity contribution in [1.29, 1.82) is 0 Å². The quantitative estimate of drug-likeness (QED) is 0.905. The molecule has 2 aromatic heterocycles. The number of nitrogens with zero attached hydrogens (tertiary/aromatic N) is 4. The minimum atomic E-state index is 0.255. The first kappa shape index (κ1) is 14.2. The fourth-order valence-corrected chi connectivity index (χ4v) is 1.93. The van der Waals surface area contributed by atoms with E-state index in [1.807, 2.05) is 24.3 Å². The molecular weight excluding hydrogens is 250 g/mol. The molecule has 0 atom stereocenters. The van der Waals surface area contributed by atoms with Gasteiger partial charge in [0.2, 0.25) is 0 Å². The van der Waals surface area contributed by atoms with Crippen LogP contribution in [0.25, 0.3) is 0 Å². The third-order valence-electron chi connectivity index (χ3n) is 3.05. The summed E-state index contributed by atoms with van der Waals surface area (Å²) in [5.41, 5.74) is 6.90. The number of hydrogen-bond donors (Lipinski definition) is 1. The third-order valence-corrected chi connectivity index (χ3v) is 3.05. The van der Waals surface area contributed by atoms with Crippen LogP contribution in [-0.2, 0) is 6.54 Å². The van der Waals surface area contributed by atoms with Crippen molar-refractivity contribution in [3.8, 4) is 0 Å². The van der Waals surface area contributed by atoms with E-state index in [0.29, 0.717) is 12.4 Å². The predicted octanol–water partition coefficient (Wildman–Crippen LogP) is 2.60. The Kier molecular flexibility index (Phi) is 4.50. The van der Waals surface area contributed by atoms with Gasteiger partial charge in [0, 0.05) is 24.7 Å². The highest BCUT2D eigenvalue weighted by Gasteiger charge is 2.12. The summed E-state index contributed by atoms with van der Waals surface area (Å²) in [5, 5.41) is 0. The van der Waals surface area contributed by atoms with Gasteiger partial charge < -0.3 is 10.6 Å². The summed E-state index contributed by atoms with van der Waals surface area (Å²) >= 11 is 0. The fourth-order valence-electron chi connectivity index (χ4n) is 1.93. The summed E-state index contributed by atoms with van der Waals surface area (Å²) in [7, 11) is 0. The van der Waals surface area contributed by atoms with Gasteiger partial charge in [0.25, 0.3) is 0 Å². The molecule has 2 heterocycles. The average molecular weight is 271 g/mol. The van der Waals surface area contributed by atoms with Crippen LogP contribution in [0.15, 0.2) is 30.5 Å². The Hall–Kier alpha value is -2.17. The van der Waals surface area contributed by atoms with E-state index in [-0.39, 0.29) is 5.92 Å². The zero-order chi connectivity index (χ0) is 14.5. The van der Waals surface area contributed by atoms with E-state index in [1.54, 1.807) is 6.20 Å². The van der Waals surface area contributed by atoms with Crippen LogP contribution in [0.4, 0.5) is 11.6 Å². The molecule has 0 aliphatic carbocycles. The number of nitrogens with two attached hydrogens (primary N) is 1. The van der Waals surface area contributed by atoms with Gasteiger partial charge >= 0.3 is 0 Å². The first-order chi connectivity index (χ1) is 9.60. The lowest BCUT2D eigenvalue weighted by Gasteiger charge is -2.22. The summed E-state index contributed by atoms with van der Waals surface area (Å²) in [5.74, 6) is 2.40. The van der Waals surface area contributed by atoms with Crippen molar-refractivity contribution in [3.05, 3.63) is 42.0 Å².